The smallest absolute Gasteiger partial charge is 0.273 e. The van der Waals surface area contributed by atoms with E-state index in [1.165, 1.54) is 6.39 Å². The highest BCUT2D eigenvalue weighted by atomic mass is 16.5. The summed E-state index contributed by atoms with van der Waals surface area (Å²) in [5.41, 5.74) is 3.35. The van der Waals surface area contributed by atoms with Gasteiger partial charge in [-0.3, -0.25) is 4.79 Å². The van der Waals surface area contributed by atoms with Crippen LogP contribution in [-0.4, -0.2) is 40.2 Å². The van der Waals surface area contributed by atoms with Gasteiger partial charge in [0.25, 0.3) is 5.91 Å². The summed E-state index contributed by atoms with van der Waals surface area (Å²) in [6.07, 6.45) is 5.19. The van der Waals surface area contributed by atoms with Crippen molar-refractivity contribution in [2.45, 2.75) is 39.2 Å². The molecule has 0 saturated carbocycles. The largest absolute Gasteiger partial charge is 0.443 e. The van der Waals surface area contributed by atoms with E-state index < -0.39 is 0 Å². The Balaban J connectivity index is 1.42. The number of oxazole rings is 1. The summed E-state index contributed by atoms with van der Waals surface area (Å²) in [5, 5.41) is 2.97. The van der Waals surface area contributed by atoms with Gasteiger partial charge in [-0.25, -0.2) is 9.97 Å². The molecule has 1 fully saturated rings. The first kappa shape index (κ1) is 19.4. The second-order valence-electron chi connectivity index (χ2n) is 7.45. The van der Waals surface area contributed by atoms with Crippen molar-refractivity contribution >= 4 is 5.91 Å². The molecule has 1 aliphatic heterocycles. The molecule has 4 rings (SSSR count). The minimum Gasteiger partial charge on any atom is -0.443 e. The highest BCUT2D eigenvalue weighted by Crippen LogP contribution is 2.27. The number of aryl methyl sites for hydroxylation is 2. The second kappa shape index (κ2) is 8.61. The van der Waals surface area contributed by atoms with E-state index in [9.17, 15) is 4.79 Å². The van der Waals surface area contributed by atoms with Crippen LogP contribution >= 0.6 is 0 Å². The number of imidazole rings is 1. The van der Waals surface area contributed by atoms with Crippen molar-refractivity contribution in [2.24, 2.45) is 0 Å². The van der Waals surface area contributed by atoms with E-state index in [0.717, 1.165) is 48.7 Å². The minimum atomic E-state index is -0.236. The van der Waals surface area contributed by atoms with Crippen LogP contribution < -0.4 is 5.32 Å². The van der Waals surface area contributed by atoms with Crippen molar-refractivity contribution in [1.29, 1.82) is 0 Å². The van der Waals surface area contributed by atoms with Crippen LogP contribution in [-0.2, 0) is 11.3 Å². The van der Waals surface area contributed by atoms with Gasteiger partial charge in [-0.05, 0) is 32.8 Å². The summed E-state index contributed by atoms with van der Waals surface area (Å²) in [5.74, 6) is 1.76. The number of carbonyl (C=O) groups excluding carboxylic acids is 1. The van der Waals surface area contributed by atoms with Crippen molar-refractivity contribution in [3.05, 3.63) is 59.6 Å². The Morgan fingerprint density at radius 2 is 2.07 bits per heavy atom. The summed E-state index contributed by atoms with van der Waals surface area (Å²) in [4.78, 5) is 21.5. The third-order valence-corrected chi connectivity index (χ3v) is 5.36. The fourth-order valence-corrected chi connectivity index (χ4v) is 3.82. The van der Waals surface area contributed by atoms with Gasteiger partial charge in [0.05, 0.1) is 0 Å². The van der Waals surface area contributed by atoms with Gasteiger partial charge >= 0.3 is 0 Å². The molecule has 3 heterocycles. The molecule has 1 aliphatic rings. The summed E-state index contributed by atoms with van der Waals surface area (Å²) in [6.45, 7) is 6.77. The molecule has 0 atom stereocenters. The van der Waals surface area contributed by atoms with E-state index >= 15 is 0 Å². The number of nitrogens with one attached hydrogen (secondary N) is 1. The summed E-state index contributed by atoms with van der Waals surface area (Å²) >= 11 is 0. The van der Waals surface area contributed by atoms with Gasteiger partial charge in [-0.1, -0.05) is 23.8 Å². The van der Waals surface area contributed by atoms with Gasteiger partial charge in [0.15, 0.2) is 17.8 Å². The summed E-state index contributed by atoms with van der Waals surface area (Å²) < 4.78 is 13.2. The fourth-order valence-electron chi connectivity index (χ4n) is 3.82. The quantitative estimate of drug-likeness (QED) is 0.692. The van der Waals surface area contributed by atoms with Crippen LogP contribution in [0.25, 0.3) is 11.3 Å². The number of ether oxygens (including phenoxy) is 1. The normalized spacial score (nSPS) is 14.8. The lowest BCUT2D eigenvalue weighted by atomic mass is 9.99. The van der Waals surface area contributed by atoms with Crippen LogP contribution in [0.15, 0.2) is 41.3 Å². The predicted molar refractivity (Wildman–Crippen MR) is 109 cm³/mol. The zero-order valence-electron chi connectivity index (χ0n) is 16.9. The Morgan fingerprint density at radius 3 is 2.86 bits per heavy atom. The first-order valence-corrected chi connectivity index (χ1v) is 10.0. The summed E-state index contributed by atoms with van der Waals surface area (Å²) in [6, 6.07) is 7.84. The number of rotatable bonds is 6. The first-order chi connectivity index (χ1) is 14.1. The predicted octanol–water partition coefficient (Wildman–Crippen LogP) is 3.48. The van der Waals surface area contributed by atoms with Gasteiger partial charge in [-0.15, -0.1) is 0 Å². The van der Waals surface area contributed by atoms with Crippen LogP contribution in [0.1, 0.15) is 46.3 Å². The maximum absolute atomic E-state index is 12.7. The monoisotopic (exact) mass is 394 g/mol. The lowest BCUT2D eigenvalue weighted by Crippen LogP contribution is -2.29. The zero-order chi connectivity index (χ0) is 20.2. The molecule has 0 unspecified atom stereocenters. The molecular weight excluding hydrogens is 368 g/mol. The van der Waals surface area contributed by atoms with Crippen molar-refractivity contribution in [1.82, 2.24) is 19.9 Å². The van der Waals surface area contributed by atoms with E-state index in [0.29, 0.717) is 30.5 Å². The van der Waals surface area contributed by atoms with Gasteiger partial charge < -0.3 is 19.0 Å². The number of nitrogens with zero attached hydrogens (tertiary/aromatic N) is 3. The molecular formula is C22H26N4O3. The minimum absolute atomic E-state index is 0.236. The van der Waals surface area contributed by atoms with Crippen LogP contribution in [0.2, 0.25) is 0 Å². The van der Waals surface area contributed by atoms with E-state index in [2.05, 4.69) is 19.9 Å². The molecule has 7 heteroatoms. The lowest BCUT2D eigenvalue weighted by molar-refractivity contribution is 0.0827. The van der Waals surface area contributed by atoms with E-state index in [1.54, 1.807) is 0 Å². The Bertz CT molecular complexity index is 986. The number of benzene rings is 1. The third-order valence-electron chi connectivity index (χ3n) is 5.36. The molecule has 0 spiro atoms. The molecule has 152 valence electrons. The van der Waals surface area contributed by atoms with Gasteiger partial charge in [0.1, 0.15) is 5.82 Å². The highest BCUT2D eigenvalue weighted by Gasteiger charge is 2.22. The fraction of sp³-hybridized carbons (Fsp3) is 0.409. The van der Waals surface area contributed by atoms with E-state index in [1.807, 2.05) is 44.3 Å². The first-order valence-electron chi connectivity index (χ1n) is 10.0. The lowest BCUT2D eigenvalue weighted by Gasteiger charge is -2.23. The van der Waals surface area contributed by atoms with Crippen molar-refractivity contribution < 1.29 is 13.9 Å². The molecule has 3 aromatic rings. The average Bonchev–Trinajstić information content (AvgIpc) is 3.36. The average molecular weight is 394 g/mol. The number of hydrogen-bond donors (Lipinski definition) is 1. The number of amides is 1. The zero-order valence-corrected chi connectivity index (χ0v) is 16.9. The standard InChI is InChI=1S/C22H26N4O3/c1-15-4-3-5-18(12-15)20-19(25-14-29-20)22(27)23-8-9-26-16(2)13-24-21(26)17-6-10-28-11-7-17/h3-5,12-14,17H,6-11H2,1-2H3,(H,23,27). The topological polar surface area (TPSA) is 82.2 Å². The number of aromatic nitrogens is 3. The van der Waals surface area contributed by atoms with Crippen LogP contribution in [0, 0.1) is 13.8 Å². The molecule has 0 bridgehead atoms. The Kier molecular flexibility index (Phi) is 5.76. The Morgan fingerprint density at radius 1 is 1.24 bits per heavy atom. The molecule has 29 heavy (non-hydrogen) atoms. The second-order valence-corrected chi connectivity index (χ2v) is 7.45. The SMILES string of the molecule is Cc1cccc(-c2ocnc2C(=O)NCCn2c(C)cnc2C2CCOCC2)c1. The third kappa shape index (κ3) is 4.24. The van der Waals surface area contributed by atoms with Gasteiger partial charge in [0, 0.05) is 49.7 Å². The highest BCUT2D eigenvalue weighted by molar-refractivity contribution is 5.97. The molecule has 0 radical (unpaired) electrons. The molecule has 1 amide bonds. The number of carbonyl (C=O) groups is 1. The van der Waals surface area contributed by atoms with Crippen LogP contribution in [0.3, 0.4) is 0 Å². The van der Waals surface area contributed by atoms with Gasteiger partial charge in [0.2, 0.25) is 0 Å². The molecule has 7 nitrogen and oxygen atoms in total. The van der Waals surface area contributed by atoms with E-state index in [4.69, 9.17) is 9.15 Å². The molecule has 1 N–H and O–H groups in total. The van der Waals surface area contributed by atoms with Crippen LogP contribution in [0.4, 0.5) is 0 Å². The summed E-state index contributed by atoms with van der Waals surface area (Å²) in [7, 11) is 0. The van der Waals surface area contributed by atoms with E-state index in [-0.39, 0.29) is 5.91 Å². The molecule has 2 aromatic heterocycles. The Hall–Kier alpha value is -2.93. The maximum Gasteiger partial charge on any atom is 0.273 e. The Labute approximate surface area is 170 Å². The molecule has 0 aliphatic carbocycles. The van der Waals surface area contributed by atoms with Crippen LogP contribution in [0.5, 0.6) is 0 Å². The molecule has 1 saturated heterocycles. The van der Waals surface area contributed by atoms with Gasteiger partial charge in [-0.2, -0.15) is 0 Å². The molecule has 1 aromatic carbocycles. The maximum atomic E-state index is 12.7. The van der Waals surface area contributed by atoms with Crippen molar-refractivity contribution in [3.8, 4) is 11.3 Å². The number of hydrogen-bond acceptors (Lipinski definition) is 5. The van der Waals surface area contributed by atoms with Crippen molar-refractivity contribution in [3.63, 3.8) is 0 Å². The van der Waals surface area contributed by atoms with Crippen molar-refractivity contribution in [2.75, 3.05) is 19.8 Å².